The molecule has 2 bridgehead atoms. The maximum Gasteiger partial charge on any atom is 0.410 e. The molecule has 1 aromatic rings. The highest BCUT2D eigenvalue weighted by Crippen LogP contribution is 2.38. The minimum absolute atomic E-state index is 0.0919. The number of hydrogen-bond acceptors (Lipinski definition) is 8. The molecule has 0 aromatic carbocycles. The van der Waals surface area contributed by atoms with Crippen LogP contribution < -0.4 is 0 Å². The summed E-state index contributed by atoms with van der Waals surface area (Å²) in [5.41, 5.74) is -0.497. The number of hydroxylamine groups is 2. The maximum atomic E-state index is 12.8. The zero-order valence-corrected chi connectivity index (χ0v) is 20.2. The second-order valence-corrected chi connectivity index (χ2v) is 9.97. The predicted octanol–water partition coefficient (Wildman–Crippen LogP) is 2.80. The third-order valence-electron chi connectivity index (χ3n) is 6.20. The van der Waals surface area contributed by atoms with Gasteiger partial charge >= 0.3 is 12.1 Å². The van der Waals surface area contributed by atoms with E-state index in [4.69, 9.17) is 14.0 Å². The van der Waals surface area contributed by atoms with E-state index < -0.39 is 5.60 Å². The van der Waals surface area contributed by atoms with Gasteiger partial charge in [0.2, 0.25) is 11.8 Å². The average Bonchev–Trinajstić information content (AvgIpc) is 3.32. The first-order chi connectivity index (χ1) is 15.7. The fourth-order valence-corrected chi connectivity index (χ4v) is 4.43. The van der Waals surface area contributed by atoms with Gasteiger partial charge in [-0.25, -0.2) is 9.59 Å². The fraction of sp³-hybridized carbons (Fsp3) is 0.818. The summed E-state index contributed by atoms with van der Waals surface area (Å²) in [4.78, 5) is 36.5. The number of carbonyl (C=O) groups is 2. The van der Waals surface area contributed by atoms with E-state index >= 15 is 0 Å². The molecule has 11 heteroatoms. The average molecular weight is 465 g/mol. The van der Waals surface area contributed by atoms with E-state index in [0.717, 1.165) is 25.7 Å². The summed E-state index contributed by atoms with van der Waals surface area (Å²) in [6.45, 7) is 12.0. The molecule has 3 saturated heterocycles. The summed E-state index contributed by atoms with van der Waals surface area (Å²) >= 11 is 0. The highest BCUT2D eigenvalue weighted by atomic mass is 16.7. The second kappa shape index (κ2) is 9.84. The van der Waals surface area contributed by atoms with Crippen molar-refractivity contribution < 1.29 is 23.6 Å². The van der Waals surface area contributed by atoms with Crippen LogP contribution in [0.3, 0.4) is 0 Å². The van der Waals surface area contributed by atoms with E-state index in [1.807, 2.05) is 20.8 Å². The summed E-state index contributed by atoms with van der Waals surface area (Å²) in [6, 6.07) is -0.232. The highest BCUT2D eigenvalue weighted by molar-refractivity contribution is 5.77. The Hall–Kier alpha value is -2.40. The molecular weight excluding hydrogens is 428 g/mol. The van der Waals surface area contributed by atoms with E-state index in [2.05, 4.69) is 22.0 Å². The Kier molecular flexibility index (Phi) is 7.08. The Bertz CT molecular complexity index is 831. The third kappa shape index (κ3) is 5.57. The van der Waals surface area contributed by atoms with E-state index in [1.165, 1.54) is 5.06 Å². The smallest absolute Gasteiger partial charge is 0.410 e. The van der Waals surface area contributed by atoms with E-state index in [1.54, 1.807) is 9.80 Å². The first-order valence-corrected chi connectivity index (χ1v) is 12.0. The van der Waals surface area contributed by atoms with Crippen molar-refractivity contribution in [3.05, 3.63) is 11.8 Å². The van der Waals surface area contributed by atoms with Gasteiger partial charge in [-0.2, -0.15) is 5.06 Å². The van der Waals surface area contributed by atoms with Crippen LogP contribution >= 0.6 is 0 Å². The molecule has 4 heterocycles. The van der Waals surface area contributed by atoms with Gasteiger partial charge in [-0.05, 0) is 40.0 Å². The molecule has 0 radical (unpaired) electrons. The lowest BCUT2D eigenvalue weighted by molar-refractivity contribution is -0.130. The molecule has 184 valence electrons. The Morgan fingerprint density at radius 1 is 1.15 bits per heavy atom. The molecule has 33 heavy (non-hydrogen) atoms. The van der Waals surface area contributed by atoms with Gasteiger partial charge in [0.15, 0.2) is 0 Å². The van der Waals surface area contributed by atoms with Gasteiger partial charge in [0.25, 0.3) is 0 Å². The molecule has 1 aromatic heterocycles. The van der Waals surface area contributed by atoms with Crippen LogP contribution in [0.15, 0.2) is 4.42 Å². The van der Waals surface area contributed by atoms with Crippen molar-refractivity contribution in [2.45, 2.75) is 77.6 Å². The van der Waals surface area contributed by atoms with E-state index in [9.17, 15) is 9.59 Å². The van der Waals surface area contributed by atoms with Gasteiger partial charge in [0.05, 0.1) is 19.2 Å². The summed E-state index contributed by atoms with van der Waals surface area (Å²) in [5, 5.41) is 10.0. The Morgan fingerprint density at radius 2 is 1.91 bits per heavy atom. The van der Waals surface area contributed by atoms with Crippen LogP contribution in [0.5, 0.6) is 0 Å². The summed E-state index contributed by atoms with van der Waals surface area (Å²) in [5.74, 6) is 1.01. The fourth-order valence-electron chi connectivity index (χ4n) is 4.43. The first kappa shape index (κ1) is 23.7. The predicted molar refractivity (Wildman–Crippen MR) is 118 cm³/mol. The molecular formula is C22H36N6O5. The second-order valence-electron chi connectivity index (χ2n) is 9.97. The Balaban J connectivity index is 1.29. The number of unbranched alkanes of at least 4 members (excludes halogenated alkanes) is 1. The van der Waals surface area contributed by atoms with Crippen molar-refractivity contribution >= 4 is 12.1 Å². The number of amides is 3. The summed E-state index contributed by atoms with van der Waals surface area (Å²) < 4.78 is 11.4. The largest absolute Gasteiger partial charge is 0.444 e. The topological polar surface area (TPSA) is 104 Å². The lowest BCUT2D eigenvalue weighted by Gasteiger charge is -2.34. The zero-order chi connectivity index (χ0) is 23.6. The Labute approximate surface area is 194 Å². The standard InChI is InChI=1S/C22H36N6O5/c1-5-6-13-31-28-16-7-8-17(27(14-16)20(28)29)19-24-23-18(32-19)15-25-9-11-26(12-10-25)21(30)33-22(2,3)4/h16-17H,5-15H2,1-4H3/t16-,17-/m0/s1. The lowest BCUT2D eigenvalue weighted by Crippen LogP contribution is -2.49. The summed E-state index contributed by atoms with van der Waals surface area (Å²) in [6.07, 6.45) is 3.31. The van der Waals surface area contributed by atoms with E-state index in [0.29, 0.717) is 57.7 Å². The molecule has 0 N–H and O–H groups in total. The maximum absolute atomic E-state index is 12.8. The molecule has 0 aliphatic carbocycles. The van der Waals surface area contributed by atoms with Crippen molar-refractivity contribution in [1.82, 2.24) is 30.0 Å². The number of piperidine rings is 1. The quantitative estimate of drug-likeness (QED) is 0.568. The number of piperazine rings is 1. The van der Waals surface area contributed by atoms with Crippen LogP contribution in [-0.2, 0) is 16.1 Å². The minimum Gasteiger partial charge on any atom is -0.444 e. The molecule has 0 saturated carbocycles. The van der Waals surface area contributed by atoms with Crippen molar-refractivity contribution in [1.29, 1.82) is 0 Å². The molecule has 3 amide bonds. The molecule has 3 aliphatic heterocycles. The van der Waals surface area contributed by atoms with Crippen LogP contribution in [0, 0.1) is 0 Å². The normalized spacial score (nSPS) is 24.0. The van der Waals surface area contributed by atoms with Gasteiger partial charge in [0.1, 0.15) is 11.6 Å². The number of nitrogens with zero attached hydrogens (tertiary/aromatic N) is 6. The van der Waals surface area contributed by atoms with Crippen molar-refractivity contribution in [2.75, 3.05) is 39.3 Å². The van der Waals surface area contributed by atoms with Crippen LogP contribution in [0.25, 0.3) is 0 Å². The number of urea groups is 1. The molecule has 3 fully saturated rings. The van der Waals surface area contributed by atoms with Gasteiger partial charge in [-0.15, -0.1) is 10.2 Å². The number of ether oxygens (including phenoxy) is 1. The van der Waals surface area contributed by atoms with Crippen LogP contribution in [0.4, 0.5) is 9.59 Å². The molecule has 0 unspecified atom stereocenters. The molecule has 2 atom stereocenters. The molecule has 0 spiro atoms. The van der Waals surface area contributed by atoms with Gasteiger partial charge < -0.3 is 19.0 Å². The lowest BCUT2D eigenvalue weighted by atomic mass is 10.0. The number of fused-ring (bicyclic) bond motifs is 2. The van der Waals surface area contributed by atoms with Crippen LogP contribution in [-0.4, -0.2) is 93.1 Å². The van der Waals surface area contributed by atoms with Crippen LogP contribution in [0.1, 0.15) is 71.2 Å². The van der Waals surface area contributed by atoms with Crippen molar-refractivity contribution in [2.24, 2.45) is 0 Å². The third-order valence-corrected chi connectivity index (χ3v) is 6.20. The van der Waals surface area contributed by atoms with Crippen molar-refractivity contribution in [3.63, 3.8) is 0 Å². The highest BCUT2D eigenvalue weighted by Gasteiger charge is 2.47. The first-order valence-electron chi connectivity index (χ1n) is 12.0. The monoisotopic (exact) mass is 464 g/mol. The van der Waals surface area contributed by atoms with Crippen LogP contribution in [0.2, 0.25) is 0 Å². The number of rotatable bonds is 7. The summed E-state index contributed by atoms with van der Waals surface area (Å²) in [7, 11) is 0. The zero-order valence-electron chi connectivity index (χ0n) is 20.2. The van der Waals surface area contributed by atoms with E-state index in [-0.39, 0.29) is 24.2 Å². The molecule has 11 nitrogen and oxygen atoms in total. The number of hydrogen-bond donors (Lipinski definition) is 0. The van der Waals surface area contributed by atoms with Crippen molar-refractivity contribution in [3.8, 4) is 0 Å². The number of carbonyl (C=O) groups excluding carboxylic acids is 2. The minimum atomic E-state index is -0.497. The number of aromatic nitrogens is 2. The van der Waals surface area contributed by atoms with Gasteiger partial charge in [-0.3, -0.25) is 9.74 Å². The SMILES string of the molecule is CCCCON1C(=O)N2C[C@@H]1CC[C@H]2c1nnc(CN2CCN(C(=O)OC(C)(C)C)CC2)o1. The van der Waals surface area contributed by atoms with Gasteiger partial charge in [-0.1, -0.05) is 13.3 Å². The molecule has 4 rings (SSSR count). The Morgan fingerprint density at radius 3 is 2.61 bits per heavy atom. The molecule has 3 aliphatic rings. The van der Waals surface area contributed by atoms with Gasteiger partial charge in [0, 0.05) is 32.7 Å².